The van der Waals surface area contributed by atoms with Gasteiger partial charge in [-0.15, -0.1) is 0 Å². The van der Waals surface area contributed by atoms with E-state index in [2.05, 4.69) is 22.7 Å². The number of nitrogens with one attached hydrogen (secondary N) is 2. The van der Waals surface area contributed by atoms with E-state index in [0.29, 0.717) is 28.7 Å². The van der Waals surface area contributed by atoms with Crippen LogP contribution in [0, 0.1) is 0 Å². The van der Waals surface area contributed by atoms with Crippen molar-refractivity contribution in [3.05, 3.63) is 53.6 Å². The highest BCUT2D eigenvalue weighted by Gasteiger charge is 2.26. The summed E-state index contributed by atoms with van der Waals surface area (Å²) in [6.07, 6.45) is 14.5. The Balaban J connectivity index is 1.40. The number of carbonyl (C=O) groups excluding carboxylic acids is 2. The molecule has 0 radical (unpaired) electrons. The molecule has 7 heteroatoms. The standard InChI is InChI=1S/C29H39ClN4O2/c1-2-3-4-5-6-7-8-9-10-11-15-18-28(35)31-23-19-20-25(30)26(21-23)32-27-22-29(36)34(33-27)24-16-13-12-14-17-24/h12-14,16-17,19-21H,2-11,15,18,22H2,1H3,(H,31,35)(H,32,33). The minimum atomic E-state index is -0.0903. The van der Waals surface area contributed by atoms with Crippen molar-refractivity contribution in [3.8, 4) is 0 Å². The van der Waals surface area contributed by atoms with Gasteiger partial charge >= 0.3 is 0 Å². The normalized spacial score (nSPS) is 14.3. The molecule has 2 amide bonds. The Morgan fingerprint density at radius 1 is 0.944 bits per heavy atom. The smallest absolute Gasteiger partial charge is 0.253 e. The molecule has 0 bridgehead atoms. The molecular weight excluding hydrogens is 472 g/mol. The van der Waals surface area contributed by atoms with Crippen LogP contribution in [0.4, 0.5) is 17.1 Å². The first kappa shape index (κ1) is 27.7. The molecule has 0 aliphatic carbocycles. The van der Waals surface area contributed by atoms with Crippen molar-refractivity contribution in [3.63, 3.8) is 0 Å². The Kier molecular flexibility index (Phi) is 11.8. The second-order valence-electron chi connectivity index (χ2n) is 9.41. The third kappa shape index (κ3) is 9.30. The van der Waals surface area contributed by atoms with Crippen molar-refractivity contribution >= 4 is 46.3 Å². The molecule has 1 saturated heterocycles. The first-order valence-corrected chi connectivity index (χ1v) is 13.8. The molecule has 36 heavy (non-hydrogen) atoms. The van der Waals surface area contributed by atoms with Crippen LogP contribution in [0.3, 0.4) is 0 Å². The van der Waals surface area contributed by atoms with Gasteiger partial charge in [0.15, 0.2) is 0 Å². The molecule has 3 rings (SSSR count). The number of aliphatic imine (C=N–C) groups is 1. The van der Waals surface area contributed by atoms with E-state index < -0.39 is 0 Å². The number of benzene rings is 2. The van der Waals surface area contributed by atoms with Crippen LogP contribution >= 0.6 is 11.6 Å². The number of nitrogens with zero attached hydrogens (tertiary/aromatic N) is 2. The van der Waals surface area contributed by atoms with E-state index >= 15 is 0 Å². The van der Waals surface area contributed by atoms with Gasteiger partial charge in [0.1, 0.15) is 5.84 Å². The summed E-state index contributed by atoms with van der Waals surface area (Å²) in [5.41, 5.74) is 4.95. The van der Waals surface area contributed by atoms with Crippen molar-refractivity contribution in [2.24, 2.45) is 4.99 Å². The van der Waals surface area contributed by atoms with E-state index in [1.54, 1.807) is 18.2 Å². The molecule has 1 aliphatic rings. The van der Waals surface area contributed by atoms with E-state index in [1.807, 2.05) is 30.3 Å². The van der Waals surface area contributed by atoms with Gasteiger partial charge in [0.25, 0.3) is 5.91 Å². The van der Waals surface area contributed by atoms with Gasteiger partial charge in [-0.3, -0.25) is 15.0 Å². The minimum absolute atomic E-state index is 0.00345. The van der Waals surface area contributed by atoms with Crippen LogP contribution in [0.15, 0.2) is 53.5 Å². The van der Waals surface area contributed by atoms with Crippen LogP contribution in [0.5, 0.6) is 0 Å². The predicted octanol–water partition coefficient (Wildman–Crippen LogP) is 7.95. The van der Waals surface area contributed by atoms with Gasteiger partial charge in [0.2, 0.25) is 5.91 Å². The van der Waals surface area contributed by atoms with Gasteiger partial charge in [-0.1, -0.05) is 101 Å². The Hall–Kier alpha value is -2.86. The number of unbranched alkanes of at least 4 members (excludes halogenated alkanes) is 10. The lowest BCUT2D eigenvalue weighted by molar-refractivity contribution is -0.117. The molecule has 2 aromatic carbocycles. The maximum absolute atomic E-state index is 12.4. The highest BCUT2D eigenvalue weighted by Crippen LogP contribution is 2.29. The third-order valence-electron chi connectivity index (χ3n) is 6.32. The van der Waals surface area contributed by atoms with Crippen molar-refractivity contribution in [1.82, 2.24) is 5.43 Å². The highest BCUT2D eigenvalue weighted by atomic mass is 35.5. The lowest BCUT2D eigenvalue weighted by Crippen LogP contribution is -2.35. The van der Waals surface area contributed by atoms with Gasteiger partial charge in [0, 0.05) is 12.1 Å². The quantitative estimate of drug-likeness (QED) is 0.239. The average Bonchev–Trinajstić information content (AvgIpc) is 3.25. The first-order chi connectivity index (χ1) is 17.6. The summed E-state index contributed by atoms with van der Waals surface area (Å²) in [6.45, 7) is 2.25. The second kappa shape index (κ2) is 15.3. The zero-order chi connectivity index (χ0) is 25.6. The van der Waals surface area contributed by atoms with Crippen LogP contribution in [-0.2, 0) is 9.59 Å². The maximum Gasteiger partial charge on any atom is 0.253 e. The molecule has 1 aliphatic heterocycles. The Bertz CT molecular complexity index is 1010. The van der Waals surface area contributed by atoms with E-state index in [0.717, 1.165) is 18.5 Å². The first-order valence-electron chi connectivity index (χ1n) is 13.4. The van der Waals surface area contributed by atoms with E-state index in [9.17, 15) is 9.59 Å². The summed E-state index contributed by atoms with van der Waals surface area (Å²) in [4.78, 5) is 29.4. The molecular formula is C29H39ClN4O2. The lowest BCUT2D eigenvalue weighted by atomic mass is 10.1. The SMILES string of the molecule is CCCCCCCCCCCCCC(=O)Nc1ccc(Cl)c(N=C2CC(=O)N(c3ccccc3)N2)c1. The van der Waals surface area contributed by atoms with Crippen molar-refractivity contribution in [1.29, 1.82) is 0 Å². The van der Waals surface area contributed by atoms with Crippen LogP contribution in [-0.4, -0.2) is 17.6 Å². The monoisotopic (exact) mass is 510 g/mol. The molecule has 0 atom stereocenters. The number of amides is 2. The van der Waals surface area contributed by atoms with Crippen molar-refractivity contribution < 1.29 is 9.59 Å². The zero-order valence-electron chi connectivity index (χ0n) is 21.4. The molecule has 0 spiro atoms. The Morgan fingerprint density at radius 3 is 2.25 bits per heavy atom. The number of rotatable bonds is 15. The van der Waals surface area contributed by atoms with E-state index in [4.69, 9.17) is 11.6 Å². The van der Waals surface area contributed by atoms with E-state index in [-0.39, 0.29) is 18.2 Å². The number of amidine groups is 1. The summed E-state index contributed by atoms with van der Waals surface area (Å²) in [6, 6.07) is 14.6. The minimum Gasteiger partial charge on any atom is -0.326 e. The number of hydrazine groups is 1. The van der Waals surface area contributed by atoms with Crippen LogP contribution in [0.1, 0.15) is 90.4 Å². The van der Waals surface area contributed by atoms with Crippen molar-refractivity contribution in [2.75, 3.05) is 10.3 Å². The maximum atomic E-state index is 12.4. The van der Waals surface area contributed by atoms with Gasteiger partial charge in [-0.2, -0.15) is 0 Å². The summed E-state index contributed by atoms with van der Waals surface area (Å²) < 4.78 is 0. The number of anilines is 2. The molecule has 194 valence electrons. The zero-order valence-corrected chi connectivity index (χ0v) is 22.2. The molecule has 0 unspecified atom stereocenters. The molecule has 0 saturated carbocycles. The largest absolute Gasteiger partial charge is 0.326 e. The molecule has 1 fully saturated rings. The summed E-state index contributed by atoms with van der Waals surface area (Å²) in [5.74, 6) is 0.416. The number of hydrogen-bond acceptors (Lipinski definition) is 3. The van der Waals surface area contributed by atoms with Gasteiger partial charge in [0.05, 0.1) is 22.8 Å². The van der Waals surface area contributed by atoms with Gasteiger partial charge in [-0.25, -0.2) is 10.0 Å². The number of halogens is 1. The van der Waals surface area contributed by atoms with Crippen LogP contribution < -0.4 is 15.8 Å². The fourth-order valence-corrected chi connectivity index (χ4v) is 4.46. The fraction of sp³-hybridized carbons (Fsp3) is 0.483. The number of para-hydroxylation sites is 1. The lowest BCUT2D eigenvalue weighted by Gasteiger charge is -2.15. The number of carbonyl (C=O) groups is 2. The van der Waals surface area contributed by atoms with Crippen molar-refractivity contribution in [2.45, 2.75) is 90.4 Å². The molecule has 2 N–H and O–H groups in total. The number of hydrogen-bond donors (Lipinski definition) is 2. The molecule has 2 aromatic rings. The Morgan fingerprint density at radius 2 is 1.58 bits per heavy atom. The Labute approximate surface area is 220 Å². The predicted molar refractivity (Wildman–Crippen MR) is 150 cm³/mol. The molecule has 0 aromatic heterocycles. The average molecular weight is 511 g/mol. The van der Waals surface area contributed by atoms with Gasteiger partial charge in [-0.05, 0) is 36.8 Å². The molecule has 1 heterocycles. The van der Waals surface area contributed by atoms with E-state index in [1.165, 1.54) is 62.8 Å². The summed E-state index contributed by atoms with van der Waals surface area (Å²) >= 11 is 6.34. The summed E-state index contributed by atoms with van der Waals surface area (Å²) in [5, 5.41) is 4.88. The van der Waals surface area contributed by atoms with Crippen LogP contribution in [0.25, 0.3) is 0 Å². The second-order valence-corrected chi connectivity index (χ2v) is 9.82. The van der Waals surface area contributed by atoms with Crippen LogP contribution in [0.2, 0.25) is 5.02 Å². The third-order valence-corrected chi connectivity index (χ3v) is 6.64. The fourth-order valence-electron chi connectivity index (χ4n) is 4.30. The summed E-state index contributed by atoms with van der Waals surface area (Å²) in [7, 11) is 0. The van der Waals surface area contributed by atoms with Gasteiger partial charge < -0.3 is 5.32 Å². The topological polar surface area (TPSA) is 73.8 Å². The molecule has 6 nitrogen and oxygen atoms in total. The highest BCUT2D eigenvalue weighted by molar-refractivity contribution is 6.33.